The number of carbonyl (C=O) groups excluding carboxylic acids is 1. The zero-order valence-corrected chi connectivity index (χ0v) is 12.4. The summed E-state index contributed by atoms with van der Waals surface area (Å²) in [6, 6.07) is 2.57. The van der Waals surface area contributed by atoms with Crippen molar-refractivity contribution in [3.8, 4) is 5.88 Å². The fraction of sp³-hybridized carbons (Fsp3) is 0.571. The molecule has 128 valence electrons. The lowest BCUT2D eigenvalue weighted by Crippen LogP contribution is -2.41. The lowest BCUT2D eigenvalue weighted by molar-refractivity contribution is -0.183. The minimum absolute atomic E-state index is 0.0281. The van der Waals surface area contributed by atoms with Gasteiger partial charge in [0.15, 0.2) is 5.82 Å². The first-order valence-corrected chi connectivity index (χ1v) is 7.05. The topological polar surface area (TPSA) is 54.5 Å². The van der Waals surface area contributed by atoms with E-state index in [0.29, 0.717) is 0 Å². The molecule has 0 aliphatic carbocycles. The van der Waals surface area contributed by atoms with E-state index in [1.807, 2.05) is 0 Å². The Kier molecular flexibility index (Phi) is 5.40. The smallest absolute Gasteiger partial charge is 0.393 e. The van der Waals surface area contributed by atoms with Gasteiger partial charge in [0.2, 0.25) is 11.8 Å². The quantitative estimate of drug-likeness (QED) is 0.654. The fourth-order valence-electron chi connectivity index (χ4n) is 2.53. The minimum atomic E-state index is -4.42. The molecule has 2 rings (SSSR count). The molecule has 2 heterocycles. The molecule has 1 aromatic heterocycles. The number of rotatable bonds is 5. The number of halogens is 4. The summed E-state index contributed by atoms with van der Waals surface area (Å²) in [7, 11) is 1.54. The summed E-state index contributed by atoms with van der Waals surface area (Å²) in [5.74, 6) is -4.36. The van der Waals surface area contributed by atoms with Crippen LogP contribution >= 0.6 is 0 Å². The van der Waals surface area contributed by atoms with Crippen molar-refractivity contribution < 1.29 is 27.1 Å². The summed E-state index contributed by atoms with van der Waals surface area (Å²) in [6.07, 6.45) is -3.07. The van der Waals surface area contributed by atoms with Crippen molar-refractivity contribution in [3.05, 3.63) is 24.1 Å². The van der Waals surface area contributed by atoms with Gasteiger partial charge in [-0.1, -0.05) is 0 Å². The molecule has 1 aliphatic rings. The molecule has 1 aliphatic heterocycles. The summed E-state index contributed by atoms with van der Waals surface area (Å²) in [4.78, 5) is 17.1. The second-order valence-corrected chi connectivity index (χ2v) is 5.41. The number of alkyl halides is 3. The molecule has 0 saturated carbocycles. The number of likely N-dealkylation sites (tertiary alicyclic amines) is 1. The van der Waals surface area contributed by atoms with Gasteiger partial charge in [0.1, 0.15) is 6.61 Å². The molecular formula is C14H17F4N3O2. The Morgan fingerprint density at radius 1 is 1.48 bits per heavy atom. The molecule has 5 nitrogen and oxygen atoms in total. The molecule has 1 N–H and O–H groups in total. The van der Waals surface area contributed by atoms with Gasteiger partial charge in [-0.3, -0.25) is 4.79 Å². The van der Waals surface area contributed by atoms with Gasteiger partial charge in [-0.15, -0.1) is 0 Å². The Balaban J connectivity index is 1.81. The predicted octanol–water partition coefficient (Wildman–Crippen LogP) is 1.46. The summed E-state index contributed by atoms with van der Waals surface area (Å²) in [5, 5.41) is 2.40. The van der Waals surface area contributed by atoms with Crippen LogP contribution in [0.3, 0.4) is 0 Å². The zero-order valence-electron chi connectivity index (χ0n) is 12.4. The molecule has 1 amide bonds. The second-order valence-electron chi connectivity index (χ2n) is 5.41. The maximum absolute atomic E-state index is 13.2. The van der Waals surface area contributed by atoms with E-state index in [1.165, 1.54) is 23.2 Å². The average molecular weight is 335 g/mol. The largest absolute Gasteiger partial charge is 0.474 e. The SMILES string of the molecule is CN1C[C@@H](C(F)(F)F)[C@H](C(=O)NCCOc2ncccc2F)C1. The number of nitrogens with one attached hydrogen (secondary N) is 1. The maximum atomic E-state index is 13.2. The van der Waals surface area contributed by atoms with Crippen molar-refractivity contribution in [1.82, 2.24) is 15.2 Å². The maximum Gasteiger partial charge on any atom is 0.393 e. The molecule has 0 spiro atoms. The van der Waals surface area contributed by atoms with Crippen molar-refractivity contribution >= 4 is 5.91 Å². The van der Waals surface area contributed by atoms with Gasteiger partial charge in [0, 0.05) is 19.3 Å². The van der Waals surface area contributed by atoms with E-state index < -0.39 is 29.7 Å². The molecule has 1 fully saturated rings. The fourth-order valence-corrected chi connectivity index (χ4v) is 2.53. The summed E-state index contributed by atoms with van der Waals surface area (Å²) < 4.78 is 57.0. The summed E-state index contributed by atoms with van der Waals surface area (Å²) in [5.41, 5.74) is 0. The van der Waals surface area contributed by atoms with Gasteiger partial charge >= 0.3 is 6.18 Å². The van der Waals surface area contributed by atoms with Crippen LogP contribution in [-0.4, -0.2) is 55.3 Å². The van der Waals surface area contributed by atoms with Crippen LogP contribution in [0.4, 0.5) is 17.6 Å². The van der Waals surface area contributed by atoms with Crippen molar-refractivity contribution in [1.29, 1.82) is 0 Å². The van der Waals surface area contributed by atoms with Gasteiger partial charge in [0.25, 0.3) is 0 Å². The van der Waals surface area contributed by atoms with Crippen molar-refractivity contribution in [3.63, 3.8) is 0 Å². The van der Waals surface area contributed by atoms with Crippen LogP contribution in [0.15, 0.2) is 18.3 Å². The van der Waals surface area contributed by atoms with Crippen LogP contribution in [0.2, 0.25) is 0 Å². The molecule has 0 radical (unpaired) electrons. The third-order valence-electron chi connectivity index (χ3n) is 3.62. The van der Waals surface area contributed by atoms with E-state index >= 15 is 0 Å². The third-order valence-corrected chi connectivity index (χ3v) is 3.62. The standard InChI is InChI=1S/C14H17F4N3O2/c1-21-7-9(10(8-21)14(16,17)18)12(22)19-5-6-23-13-11(15)3-2-4-20-13/h2-4,9-10H,5-8H2,1H3,(H,19,22)/t9-,10-/m1/s1. The number of nitrogens with zero attached hydrogens (tertiary/aromatic N) is 2. The van der Waals surface area contributed by atoms with E-state index in [4.69, 9.17) is 4.74 Å². The van der Waals surface area contributed by atoms with Gasteiger partial charge in [-0.05, 0) is 19.2 Å². The first kappa shape index (κ1) is 17.5. The zero-order chi connectivity index (χ0) is 17.0. The molecule has 9 heteroatoms. The average Bonchev–Trinajstić information content (AvgIpc) is 2.87. The first-order chi connectivity index (χ1) is 10.8. The Bertz CT molecular complexity index is 553. The third kappa shape index (κ3) is 4.54. The molecule has 0 aromatic carbocycles. The monoisotopic (exact) mass is 335 g/mol. The Morgan fingerprint density at radius 3 is 2.87 bits per heavy atom. The van der Waals surface area contributed by atoms with Crippen LogP contribution in [0.5, 0.6) is 5.88 Å². The molecule has 1 aromatic rings. The number of hydrogen-bond donors (Lipinski definition) is 1. The van der Waals surface area contributed by atoms with E-state index in [1.54, 1.807) is 7.05 Å². The molecule has 0 unspecified atom stereocenters. The Morgan fingerprint density at radius 2 is 2.22 bits per heavy atom. The van der Waals surface area contributed by atoms with Gasteiger partial charge in [0.05, 0.1) is 18.4 Å². The van der Waals surface area contributed by atoms with Crippen LogP contribution in [0.1, 0.15) is 0 Å². The van der Waals surface area contributed by atoms with E-state index in [-0.39, 0.29) is 32.1 Å². The minimum Gasteiger partial charge on any atom is -0.474 e. The highest BCUT2D eigenvalue weighted by Gasteiger charge is 2.51. The number of ether oxygens (including phenoxy) is 1. The highest BCUT2D eigenvalue weighted by molar-refractivity contribution is 5.79. The summed E-state index contributed by atoms with van der Waals surface area (Å²) >= 11 is 0. The predicted molar refractivity (Wildman–Crippen MR) is 73.2 cm³/mol. The van der Waals surface area contributed by atoms with Crippen molar-refractivity contribution in [2.75, 3.05) is 33.3 Å². The lowest BCUT2D eigenvalue weighted by atomic mass is 9.94. The van der Waals surface area contributed by atoms with Gasteiger partial charge in [-0.25, -0.2) is 9.37 Å². The molecule has 2 atom stereocenters. The highest BCUT2D eigenvalue weighted by Crippen LogP contribution is 2.37. The number of aromatic nitrogens is 1. The van der Waals surface area contributed by atoms with E-state index in [2.05, 4.69) is 10.3 Å². The number of carbonyl (C=O) groups is 1. The van der Waals surface area contributed by atoms with Gasteiger partial charge in [-0.2, -0.15) is 13.2 Å². The molecule has 1 saturated heterocycles. The lowest BCUT2D eigenvalue weighted by Gasteiger charge is -2.20. The van der Waals surface area contributed by atoms with Crippen molar-refractivity contribution in [2.45, 2.75) is 6.18 Å². The van der Waals surface area contributed by atoms with Crippen LogP contribution in [-0.2, 0) is 4.79 Å². The highest BCUT2D eigenvalue weighted by atomic mass is 19.4. The van der Waals surface area contributed by atoms with Crippen LogP contribution in [0.25, 0.3) is 0 Å². The van der Waals surface area contributed by atoms with E-state index in [0.717, 1.165) is 0 Å². The second kappa shape index (κ2) is 7.12. The number of pyridine rings is 1. The van der Waals surface area contributed by atoms with Crippen molar-refractivity contribution in [2.24, 2.45) is 11.8 Å². The van der Waals surface area contributed by atoms with Crippen LogP contribution in [0, 0.1) is 17.7 Å². The molecular weight excluding hydrogens is 318 g/mol. The van der Waals surface area contributed by atoms with E-state index in [9.17, 15) is 22.4 Å². The molecule has 23 heavy (non-hydrogen) atoms. The van der Waals surface area contributed by atoms with Crippen LogP contribution < -0.4 is 10.1 Å². The molecule has 0 bridgehead atoms. The van der Waals surface area contributed by atoms with Gasteiger partial charge < -0.3 is 15.0 Å². The Labute approximate surface area is 130 Å². The number of amides is 1. The number of hydrogen-bond acceptors (Lipinski definition) is 4. The Hall–Kier alpha value is -1.90. The summed E-state index contributed by atoms with van der Waals surface area (Å²) in [6.45, 7) is -0.262. The first-order valence-electron chi connectivity index (χ1n) is 7.05. The normalized spacial score (nSPS) is 22.1.